The van der Waals surface area contributed by atoms with E-state index in [2.05, 4.69) is 15.0 Å². The van der Waals surface area contributed by atoms with Crippen molar-refractivity contribution in [1.29, 1.82) is 0 Å². The maximum atomic E-state index is 8.54. The molecule has 0 aliphatic rings. The molecule has 1 aromatic heterocycles. The highest BCUT2D eigenvalue weighted by atomic mass is 35.5. The molecule has 1 N–H and O–H groups in total. The first kappa shape index (κ1) is 9.70. The molecular weight excluding hydrogens is 198 g/mol. The standard InChI is InChI=1S/C6H8ClN3OS/c1-4-8-5(7)10-6(9-4)12-3-2-11/h11H,2-3H2,1H3. The van der Waals surface area contributed by atoms with Crippen molar-refractivity contribution in [3.05, 3.63) is 11.1 Å². The molecular formula is C6H8ClN3OS. The zero-order valence-electron chi connectivity index (χ0n) is 6.49. The first-order chi connectivity index (χ1) is 5.72. The van der Waals surface area contributed by atoms with Crippen LogP contribution in [0.4, 0.5) is 0 Å². The molecule has 0 spiro atoms. The van der Waals surface area contributed by atoms with E-state index in [4.69, 9.17) is 16.7 Å². The number of halogens is 1. The van der Waals surface area contributed by atoms with Gasteiger partial charge in [-0.1, -0.05) is 11.8 Å². The van der Waals surface area contributed by atoms with Gasteiger partial charge in [0.15, 0.2) is 5.16 Å². The number of aryl methyl sites for hydroxylation is 1. The van der Waals surface area contributed by atoms with Crippen molar-refractivity contribution in [1.82, 2.24) is 15.0 Å². The van der Waals surface area contributed by atoms with Crippen molar-refractivity contribution in [2.75, 3.05) is 12.4 Å². The van der Waals surface area contributed by atoms with Crippen molar-refractivity contribution in [2.24, 2.45) is 0 Å². The molecule has 1 rings (SSSR count). The molecule has 0 radical (unpaired) electrons. The van der Waals surface area contributed by atoms with Crippen LogP contribution in [-0.2, 0) is 0 Å². The van der Waals surface area contributed by atoms with Crippen LogP contribution in [0.15, 0.2) is 5.16 Å². The molecule has 0 bridgehead atoms. The molecule has 0 amide bonds. The molecule has 66 valence electrons. The zero-order chi connectivity index (χ0) is 8.97. The number of hydrogen-bond donors (Lipinski definition) is 1. The summed E-state index contributed by atoms with van der Waals surface area (Å²) in [5.74, 6) is 1.16. The Kier molecular flexibility index (Phi) is 3.71. The molecule has 1 aromatic rings. The molecule has 0 aliphatic carbocycles. The number of hydrogen-bond acceptors (Lipinski definition) is 5. The Morgan fingerprint density at radius 1 is 1.42 bits per heavy atom. The van der Waals surface area contributed by atoms with Gasteiger partial charge in [0.1, 0.15) is 5.82 Å². The third-order valence-electron chi connectivity index (χ3n) is 1.02. The molecule has 4 nitrogen and oxygen atoms in total. The van der Waals surface area contributed by atoms with Gasteiger partial charge in [-0.15, -0.1) is 0 Å². The van der Waals surface area contributed by atoms with E-state index in [0.717, 1.165) is 0 Å². The van der Waals surface area contributed by atoms with Gasteiger partial charge >= 0.3 is 0 Å². The highest BCUT2D eigenvalue weighted by molar-refractivity contribution is 7.99. The van der Waals surface area contributed by atoms with E-state index in [1.165, 1.54) is 11.8 Å². The van der Waals surface area contributed by atoms with E-state index in [1.807, 2.05) is 0 Å². The smallest absolute Gasteiger partial charge is 0.226 e. The number of aliphatic hydroxyl groups excluding tert-OH is 1. The third kappa shape index (κ3) is 2.92. The summed E-state index contributed by atoms with van der Waals surface area (Å²) in [5, 5.41) is 9.30. The monoisotopic (exact) mass is 205 g/mol. The Morgan fingerprint density at radius 3 is 2.75 bits per heavy atom. The fraction of sp³-hybridized carbons (Fsp3) is 0.500. The first-order valence-electron chi connectivity index (χ1n) is 3.34. The Bertz CT molecular complexity index is 251. The van der Waals surface area contributed by atoms with E-state index in [0.29, 0.717) is 16.7 Å². The van der Waals surface area contributed by atoms with Gasteiger partial charge in [0, 0.05) is 5.75 Å². The average Bonchev–Trinajstić information content (AvgIpc) is 1.99. The molecule has 1 heterocycles. The third-order valence-corrected chi connectivity index (χ3v) is 2.02. The van der Waals surface area contributed by atoms with Gasteiger partial charge in [-0.05, 0) is 18.5 Å². The SMILES string of the molecule is Cc1nc(Cl)nc(SCCO)n1. The largest absolute Gasteiger partial charge is 0.396 e. The lowest BCUT2D eigenvalue weighted by Crippen LogP contribution is -1.96. The van der Waals surface area contributed by atoms with Gasteiger partial charge in [-0.3, -0.25) is 0 Å². The van der Waals surface area contributed by atoms with Crippen LogP contribution in [0.25, 0.3) is 0 Å². The minimum atomic E-state index is 0.104. The summed E-state index contributed by atoms with van der Waals surface area (Å²) in [5.41, 5.74) is 0. The lowest BCUT2D eigenvalue weighted by Gasteiger charge is -1.98. The summed E-state index contributed by atoms with van der Waals surface area (Å²) < 4.78 is 0. The molecule has 0 saturated carbocycles. The number of aliphatic hydroxyl groups is 1. The fourth-order valence-electron chi connectivity index (χ4n) is 0.627. The van der Waals surface area contributed by atoms with Gasteiger partial charge in [0.05, 0.1) is 6.61 Å². The molecule has 6 heteroatoms. The predicted octanol–water partition coefficient (Wildman–Crippen LogP) is 0.918. The lowest BCUT2D eigenvalue weighted by atomic mass is 10.7. The predicted molar refractivity (Wildman–Crippen MR) is 47.4 cm³/mol. The fourth-order valence-corrected chi connectivity index (χ4v) is 1.50. The Morgan fingerprint density at radius 2 is 2.17 bits per heavy atom. The average molecular weight is 206 g/mol. The number of aromatic nitrogens is 3. The summed E-state index contributed by atoms with van der Waals surface area (Å²) in [7, 11) is 0. The highest BCUT2D eigenvalue weighted by Crippen LogP contribution is 2.13. The van der Waals surface area contributed by atoms with Crippen LogP contribution in [0.5, 0.6) is 0 Å². The minimum absolute atomic E-state index is 0.104. The first-order valence-corrected chi connectivity index (χ1v) is 4.70. The topological polar surface area (TPSA) is 58.9 Å². The van der Waals surface area contributed by atoms with Gasteiger partial charge in [0.25, 0.3) is 0 Å². The quantitative estimate of drug-likeness (QED) is 0.744. The van der Waals surface area contributed by atoms with E-state index in [9.17, 15) is 0 Å². The summed E-state index contributed by atoms with van der Waals surface area (Å²) >= 11 is 6.94. The highest BCUT2D eigenvalue weighted by Gasteiger charge is 2.01. The second-order valence-electron chi connectivity index (χ2n) is 2.01. The van der Waals surface area contributed by atoms with Crippen LogP contribution in [-0.4, -0.2) is 32.4 Å². The molecule has 0 saturated heterocycles. The van der Waals surface area contributed by atoms with Crippen LogP contribution < -0.4 is 0 Å². The van der Waals surface area contributed by atoms with Gasteiger partial charge in [0.2, 0.25) is 5.28 Å². The molecule has 0 aliphatic heterocycles. The minimum Gasteiger partial charge on any atom is -0.396 e. The zero-order valence-corrected chi connectivity index (χ0v) is 8.06. The normalized spacial score (nSPS) is 10.2. The second kappa shape index (κ2) is 4.59. The number of nitrogens with zero attached hydrogens (tertiary/aromatic N) is 3. The van der Waals surface area contributed by atoms with Gasteiger partial charge in [-0.2, -0.15) is 4.98 Å². The van der Waals surface area contributed by atoms with Gasteiger partial charge < -0.3 is 5.11 Å². The van der Waals surface area contributed by atoms with Crippen molar-refractivity contribution >= 4 is 23.4 Å². The van der Waals surface area contributed by atoms with Crippen LogP contribution in [0.1, 0.15) is 5.82 Å². The summed E-state index contributed by atoms with van der Waals surface area (Å²) in [4.78, 5) is 11.7. The molecule has 0 fully saturated rings. The number of rotatable bonds is 3. The Labute approximate surface area is 79.4 Å². The maximum Gasteiger partial charge on any atom is 0.226 e. The van der Waals surface area contributed by atoms with E-state index in [-0.39, 0.29) is 11.9 Å². The van der Waals surface area contributed by atoms with E-state index in [1.54, 1.807) is 6.92 Å². The van der Waals surface area contributed by atoms with E-state index < -0.39 is 0 Å². The number of thioether (sulfide) groups is 1. The maximum absolute atomic E-state index is 8.54. The van der Waals surface area contributed by atoms with Crippen LogP contribution in [0.2, 0.25) is 5.28 Å². The van der Waals surface area contributed by atoms with Crippen LogP contribution >= 0.6 is 23.4 Å². The Balaban J connectivity index is 2.72. The van der Waals surface area contributed by atoms with Crippen molar-refractivity contribution in [3.63, 3.8) is 0 Å². The van der Waals surface area contributed by atoms with Crippen molar-refractivity contribution in [3.8, 4) is 0 Å². The van der Waals surface area contributed by atoms with Crippen LogP contribution in [0.3, 0.4) is 0 Å². The van der Waals surface area contributed by atoms with E-state index >= 15 is 0 Å². The Hall–Kier alpha value is -0.390. The summed E-state index contributed by atoms with van der Waals surface area (Å²) in [6, 6.07) is 0. The van der Waals surface area contributed by atoms with Crippen molar-refractivity contribution in [2.45, 2.75) is 12.1 Å². The molecule has 0 aromatic carbocycles. The summed E-state index contributed by atoms with van der Waals surface area (Å²) in [6.07, 6.45) is 0. The second-order valence-corrected chi connectivity index (χ2v) is 3.41. The molecule has 12 heavy (non-hydrogen) atoms. The van der Waals surface area contributed by atoms with Gasteiger partial charge in [-0.25, -0.2) is 9.97 Å². The molecule has 0 unspecified atom stereocenters. The van der Waals surface area contributed by atoms with Crippen LogP contribution in [0, 0.1) is 6.92 Å². The lowest BCUT2D eigenvalue weighted by molar-refractivity contribution is 0.322. The summed E-state index contributed by atoms with van der Waals surface area (Å²) in [6.45, 7) is 1.85. The molecule has 0 atom stereocenters. The van der Waals surface area contributed by atoms with Crippen molar-refractivity contribution < 1.29 is 5.11 Å².